The van der Waals surface area contributed by atoms with Crippen LogP contribution in [0.3, 0.4) is 0 Å². The predicted octanol–water partition coefficient (Wildman–Crippen LogP) is 17.4. The minimum Gasteiger partial charge on any atom is -0.455 e. The van der Waals surface area contributed by atoms with Crippen molar-refractivity contribution in [1.29, 1.82) is 0 Å². The van der Waals surface area contributed by atoms with Crippen LogP contribution in [-0.2, 0) is 11.8 Å². The highest BCUT2D eigenvalue weighted by Gasteiger charge is 2.47. The van der Waals surface area contributed by atoms with Gasteiger partial charge in [0.1, 0.15) is 11.2 Å². The Labute approximate surface area is 391 Å². The number of nitrogens with zero attached hydrogens (tertiary/aromatic N) is 1. The van der Waals surface area contributed by atoms with Crippen LogP contribution in [0.4, 0.5) is 17.1 Å². The Morgan fingerprint density at radius 1 is 0.418 bits per heavy atom. The van der Waals surface area contributed by atoms with Crippen molar-refractivity contribution < 1.29 is 4.42 Å². The first-order valence-electron chi connectivity index (χ1n) is 23.4. The number of hydrogen-bond donors (Lipinski definition) is 0. The van der Waals surface area contributed by atoms with Crippen LogP contribution >= 0.6 is 0 Å². The molecule has 0 spiro atoms. The van der Waals surface area contributed by atoms with E-state index in [1.807, 2.05) is 6.07 Å². The SMILES string of the molecule is C1=Cc2cc(-c3ccc(-c4ccccc4)c(N(c4cccc(-c5cccc6c5oc5ccccc56)c4)c4cccc5c4-c4ccccc4C5(c4ccccc4)c4ccccc4)c3)ccc2CC1. The average molecular weight is 856 g/mol. The quantitative estimate of drug-likeness (QED) is 0.151. The summed E-state index contributed by atoms with van der Waals surface area (Å²) in [7, 11) is 0. The van der Waals surface area contributed by atoms with Gasteiger partial charge in [0.2, 0.25) is 0 Å². The van der Waals surface area contributed by atoms with Crippen molar-refractivity contribution in [3.63, 3.8) is 0 Å². The summed E-state index contributed by atoms with van der Waals surface area (Å²) in [6.07, 6.45) is 6.75. The third kappa shape index (κ3) is 6.25. The Kier molecular flexibility index (Phi) is 9.25. The second-order valence-corrected chi connectivity index (χ2v) is 17.8. The third-order valence-corrected chi connectivity index (χ3v) is 14.2. The summed E-state index contributed by atoms with van der Waals surface area (Å²) in [6.45, 7) is 0. The van der Waals surface area contributed by atoms with Crippen LogP contribution in [-0.4, -0.2) is 0 Å². The molecule has 0 atom stereocenters. The molecule has 0 aliphatic heterocycles. The summed E-state index contributed by atoms with van der Waals surface area (Å²) in [5, 5.41) is 2.24. The Bertz CT molecular complexity index is 3650. The summed E-state index contributed by atoms with van der Waals surface area (Å²) >= 11 is 0. The number of allylic oxidation sites excluding steroid dienone is 1. The Morgan fingerprint density at radius 3 is 1.90 bits per heavy atom. The minimum absolute atomic E-state index is 0.560. The van der Waals surface area contributed by atoms with E-state index in [0.717, 1.165) is 74.1 Å². The van der Waals surface area contributed by atoms with Crippen molar-refractivity contribution in [3.8, 4) is 44.5 Å². The van der Waals surface area contributed by atoms with Gasteiger partial charge >= 0.3 is 0 Å². The van der Waals surface area contributed by atoms with E-state index < -0.39 is 5.41 Å². The molecular formula is C65H45NO. The molecule has 2 nitrogen and oxygen atoms in total. The molecule has 2 aliphatic rings. The van der Waals surface area contributed by atoms with Crippen molar-refractivity contribution >= 4 is 45.1 Å². The second kappa shape index (κ2) is 15.9. The van der Waals surface area contributed by atoms with Gasteiger partial charge in [-0.25, -0.2) is 0 Å². The van der Waals surface area contributed by atoms with E-state index in [4.69, 9.17) is 4.42 Å². The molecule has 0 saturated heterocycles. The first-order valence-corrected chi connectivity index (χ1v) is 23.4. The van der Waals surface area contributed by atoms with Crippen molar-refractivity contribution in [2.24, 2.45) is 0 Å². The molecule has 0 N–H and O–H groups in total. The van der Waals surface area contributed by atoms with Crippen LogP contribution in [0.2, 0.25) is 0 Å². The highest BCUT2D eigenvalue weighted by molar-refractivity contribution is 6.10. The molecule has 0 amide bonds. The van der Waals surface area contributed by atoms with Crippen LogP contribution in [0.5, 0.6) is 0 Å². The number of hydrogen-bond acceptors (Lipinski definition) is 2. The maximum Gasteiger partial charge on any atom is 0.143 e. The summed E-state index contributed by atoms with van der Waals surface area (Å²) in [5.41, 5.74) is 21.5. The van der Waals surface area contributed by atoms with Gasteiger partial charge in [-0.2, -0.15) is 0 Å². The Balaban J connectivity index is 1.12. The highest BCUT2D eigenvalue weighted by Crippen LogP contribution is 2.60. The summed E-state index contributed by atoms with van der Waals surface area (Å²) < 4.78 is 6.68. The van der Waals surface area contributed by atoms with Crippen molar-refractivity contribution in [2.45, 2.75) is 18.3 Å². The van der Waals surface area contributed by atoms with E-state index >= 15 is 0 Å². The standard InChI is InChI=1S/C65H45NO/c1-4-20-45(21-5-1)53-40-39-48(47-38-37-44-19-10-11-22-46(44)41-47)43-61(53)66(52-28-16-23-49(42-52)54-31-17-32-56-55-29-13-15-36-62(55)67-64(54)56)60-35-18-34-59-63(60)57-30-12-14-33-58(57)65(59,50-24-6-2-7-25-50)51-26-8-3-9-27-51/h1-9,11-18,20-43H,10,19H2. The highest BCUT2D eigenvalue weighted by atomic mass is 16.3. The Hall–Kier alpha value is -8.46. The van der Waals surface area contributed by atoms with Gasteiger partial charge in [0.05, 0.1) is 16.8 Å². The molecule has 0 fully saturated rings. The monoisotopic (exact) mass is 855 g/mol. The van der Waals surface area contributed by atoms with E-state index in [0.29, 0.717) is 0 Å². The molecule has 13 rings (SSSR count). The molecule has 67 heavy (non-hydrogen) atoms. The predicted molar refractivity (Wildman–Crippen MR) is 279 cm³/mol. The summed E-state index contributed by atoms with van der Waals surface area (Å²) in [6, 6.07) is 87.1. The molecule has 2 aliphatic carbocycles. The molecule has 0 bridgehead atoms. The van der Waals surface area contributed by atoms with Gasteiger partial charge in [0, 0.05) is 33.2 Å². The number of para-hydroxylation sites is 2. The molecule has 0 radical (unpaired) electrons. The molecule has 2 heteroatoms. The van der Waals surface area contributed by atoms with Crippen molar-refractivity contribution in [1.82, 2.24) is 0 Å². The molecular weight excluding hydrogens is 811 g/mol. The number of furan rings is 1. The van der Waals surface area contributed by atoms with E-state index in [-0.39, 0.29) is 0 Å². The third-order valence-electron chi connectivity index (χ3n) is 14.2. The molecule has 11 aromatic rings. The molecule has 316 valence electrons. The van der Waals surface area contributed by atoms with Gasteiger partial charge in [-0.05, 0) is 110 Å². The van der Waals surface area contributed by atoms with Crippen LogP contribution in [0.1, 0.15) is 39.8 Å². The van der Waals surface area contributed by atoms with E-state index in [1.165, 1.54) is 55.6 Å². The maximum absolute atomic E-state index is 6.68. The van der Waals surface area contributed by atoms with Gasteiger partial charge in [-0.3, -0.25) is 0 Å². The maximum atomic E-state index is 6.68. The van der Waals surface area contributed by atoms with Gasteiger partial charge < -0.3 is 9.32 Å². The molecule has 10 aromatic carbocycles. The Morgan fingerprint density at radius 2 is 1.06 bits per heavy atom. The first kappa shape index (κ1) is 39.0. The number of aryl methyl sites for hydroxylation is 1. The largest absolute Gasteiger partial charge is 0.455 e. The normalized spacial score (nSPS) is 13.3. The van der Waals surface area contributed by atoms with E-state index in [2.05, 4.69) is 248 Å². The van der Waals surface area contributed by atoms with E-state index in [1.54, 1.807) is 0 Å². The molecule has 1 heterocycles. The summed E-state index contributed by atoms with van der Waals surface area (Å²) in [5.74, 6) is 0. The van der Waals surface area contributed by atoms with Gasteiger partial charge in [-0.1, -0.05) is 212 Å². The zero-order chi connectivity index (χ0) is 44.3. The fourth-order valence-electron chi connectivity index (χ4n) is 11.2. The zero-order valence-corrected chi connectivity index (χ0v) is 36.9. The number of anilines is 3. The fourth-order valence-corrected chi connectivity index (χ4v) is 11.2. The smallest absolute Gasteiger partial charge is 0.143 e. The van der Waals surface area contributed by atoms with E-state index in [9.17, 15) is 0 Å². The number of fused-ring (bicyclic) bond motifs is 7. The lowest BCUT2D eigenvalue weighted by atomic mass is 9.68. The average Bonchev–Trinajstić information content (AvgIpc) is 3.94. The fraction of sp³-hybridized carbons (Fsp3) is 0.0462. The van der Waals surface area contributed by atoms with Crippen molar-refractivity contribution in [3.05, 3.63) is 276 Å². The lowest BCUT2D eigenvalue weighted by Crippen LogP contribution is -2.28. The van der Waals surface area contributed by atoms with Crippen LogP contribution in [0, 0.1) is 0 Å². The number of rotatable bonds is 8. The number of benzene rings is 10. The first-order chi connectivity index (χ1) is 33.2. The lowest BCUT2D eigenvalue weighted by Gasteiger charge is -2.35. The van der Waals surface area contributed by atoms with Crippen molar-refractivity contribution in [2.75, 3.05) is 4.90 Å². The van der Waals surface area contributed by atoms with Crippen LogP contribution < -0.4 is 4.90 Å². The van der Waals surface area contributed by atoms with Gasteiger partial charge in [0.25, 0.3) is 0 Å². The molecule has 0 saturated carbocycles. The van der Waals surface area contributed by atoms with Crippen LogP contribution in [0.25, 0.3) is 72.5 Å². The zero-order valence-electron chi connectivity index (χ0n) is 36.9. The molecule has 0 unspecified atom stereocenters. The second-order valence-electron chi connectivity index (χ2n) is 17.8. The van der Waals surface area contributed by atoms with Gasteiger partial charge in [0.15, 0.2) is 0 Å². The van der Waals surface area contributed by atoms with Crippen LogP contribution in [0.15, 0.2) is 247 Å². The van der Waals surface area contributed by atoms with Gasteiger partial charge in [-0.15, -0.1) is 0 Å². The summed E-state index contributed by atoms with van der Waals surface area (Å²) in [4.78, 5) is 2.54. The molecule has 1 aromatic heterocycles. The minimum atomic E-state index is -0.560. The lowest BCUT2D eigenvalue weighted by molar-refractivity contribution is 0.670. The topological polar surface area (TPSA) is 16.4 Å².